The summed E-state index contributed by atoms with van der Waals surface area (Å²) in [4.78, 5) is 23.4. The van der Waals surface area contributed by atoms with Gasteiger partial charge in [0, 0.05) is 23.6 Å². The highest BCUT2D eigenvalue weighted by molar-refractivity contribution is 5.87. The second kappa shape index (κ2) is 9.11. The lowest BCUT2D eigenvalue weighted by atomic mass is 10.1. The van der Waals surface area contributed by atoms with Gasteiger partial charge in [0.1, 0.15) is 42.0 Å². The molecule has 0 fully saturated rings. The van der Waals surface area contributed by atoms with E-state index in [2.05, 4.69) is 0 Å². The first-order valence-corrected chi connectivity index (χ1v) is 10.8. The lowest BCUT2D eigenvalue weighted by molar-refractivity contribution is 0.0628. The number of aliphatic hydroxyl groups is 1. The van der Waals surface area contributed by atoms with E-state index in [0.717, 1.165) is 34.1 Å². The third-order valence-electron chi connectivity index (χ3n) is 5.53. The highest BCUT2D eigenvalue weighted by Gasteiger charge is 2.15. The summed E-state index contributed by atoms with van der Waals surface area (Å²) in [6, 6.07) is 10.1. The minimum absolute atomic E-state index is 0.00757. The lowest BCUT2D eigenvalue weighted by Crippen LogP contribution is -2.25. The van der Waals surface area contributed by atoms with Gasteiger partial charge in [-0.05, 0) is 67.6 Å². The summed E-state index contributed by atoms with van der Waals surface area (Å²) in [5, 5.41) is 12.0. The summed E-state index contributed by atoms with van der Waals surface area (Å²) in [6.45, 7) is 7.54. The molecule has 1 atom stereocenters. The molecule has 0 saturated heterocycles. The molecule has 7 heteroatoms. The summed E-state index contributed by atoms with van der Waals surface area (Å²) < 4.78 is 22.4. The van der Waals surface area contributed by atoms with Gasteiger partial charge < -0.3 is 23.4 Å². The fraction of sp³-hybridized carbons (Fsp3) is 0.308. The minimum Gasteiger partial charge on any atom is -0.490 e. The molecule has 4 aromatic rings. The van der Waals surface area contributed by atoms with E-state index in [0.29, 0.717) is 28.1 Å². The van der Waals surface area contributed by atoms with Crippen LogP contribution in [0.15, 0.2) is 54.8 Å². The van der Waals surface area contributed by atoms with Crippen molar-refractivity contribution in [2.75, 3.05) is 13.2 Å². The van der Waals surface area contributed by atoms with Gasteiger partial charge in [0.05, 0.1) is 5.39 Å². The van der Waals surface area contributed by atoms with Crippen LogP contribution in [-0.2, 0) is 6.42 Å². The smallest absolute Gasteiger partial charge is 0.336 e. The normalized spacial score (nSPS) is 12.3. The van der Waals surface area contributed by atoms with Gasteiger partial charge in [-0.1, -0.05) is 6.92 Å². The third kappa shape index (κ3) is 4.78. The van der Waals surface area contributed by atoms with Crippen LogP contribution in [-0.4, -0.2) is 24.4 Å². The van der Waals surface area contributed by atoms with Crippen LogP contribution in [0.3, 0.4) is 0 Å². The van der Waals surface area contributed by atoms with Crippen LogP contribution in [0, 0.1) is 20.8 Å². The Hall–Kier alpha value is -3.58. The Bertz CT molecular complexity index is 1450. The van der Waals surface area contributed by atoms with Crippen molar-refractivity contribution >= 4 is 21.9 Å². The first kappa shape index (κ1) is 22.6. The molecule has 0 bridgehead atoms. The highest BCUT2D eigenvalue weighted by Crippen LogP contribution is 2.30. The Labute approximate surface area is 190 Å². The molecular weight excluding hydrogens is 424 g/mol. The first-order valence-electron chi connectivity index (χ1n) is 10.8. The molecule has 0 spiro atoms. The molecule has 0 saturated carbocycles. The standard InChI is InChI=1S/C26H26O7/c1-5-17-10-19-15(3)8-24(28)32-21(19)11-20(17)30-12-18(27)13-31-22-6-14(2)7-23-26(22)16(4)9-25(29)33-23/h6-11,18,27H,5,12-13H2,1-4H3. The van der Waals surface area contributed by atoms with Gasteiger partial charge in [-0.25, -0.2) is 9.59 Å². The quantitative estimate of drug-likeness (QED) is 0.421. The summed E-state index contributed by atoms with van der Waals surface area (Å²) in [5.74, 6) is 1.08. The Balaban J connectivity index is 1.51. The fourth-order valence-electron chi connectivity index (χ4n) is 3.91. The summed E-state index contributed by atoms with van der Waals surface area (Å²) in [7, 11) is 0. The predicted molar refractivity (Wildman–Crippen MR) is 126 cm³/mol. The van der Waals surface area contributed by atoms with Crippen LogP contribution < -0.4 is 20.7 Å². The van der Waals surface area contributed by atoms with Crippen molar-refractivity contribution in [3.63, 3.8) is 0 Å². The molecule has 4 rings (SSSR count). The third-order valence-corrected chi connectivity index (χ3v) is 5.53. The van der Waals surface area contributed by atoms with E-state index >= 15 is 0 Å². The van der Waals surface area contributed by atoms with Crippen molar-refractivity contribution in [3.8, 4) is 11.5 Å². The number of hydrogen-bond acceptors (Lipinski definition) is 7. The topological polar surface area (TPSA) is 99.1 Å². The molecule has 0 aliphatic heterocycles. The van der Waals surface area contributed by atoms with Crippen LogP contribution in [0.25, 0.3) is 21.9 Å². The second-order valence-electron chi connectivity index (χ2n) is 8.22. The minimum atomic E-state index is -0.915. The molecule has 0 aliphatic rings. The van der Waals surface area contributed by atoms with Gasteiger partial charge in [-0.2, -0.15) is 0 Å². The molecule has 33 heavy (non-hydrogen) atoms. The number of aryl methyl sites for hydroxylation is 4. The molecule has 7 nitrogen and oxygen atoms in total. The van der Waals surface area contributed by atoms with E-state index in [1.807, 2.05) is 39.8 Å². The van der Waals surface area contributed by atoms with Gasteiger partial charge in [0.25, 0.3) is 0 Å². The number of fused-ring (bicyclic) bond motifs is 2. The molecule has 1 unspecified atom stereocenters. The molecule has 2 aromatic carbocycles. The maximum atomic E-state index is 11.7. The van der Waals surface area contributed by atoms with Gasteiger partial charge in [-0.15, -0.1) is 0 Å². The van der Waals surface area contributed by atoms with Crippen LogP contribution in [0.2, 0.25) is 0 Å². The Kier molecular flexibility index (Phi) is 6.24. The van der Waals surface area contributed by atoms with E-state index in [-0.39, 0.29) is 13.2 Å². The SMILES string of the molecule is CCc1cc2c(C)cc(=O)oc2cc1OCC(O)COc1cc(C)cc2oc(=O)cc(C)c12. The summed E-state index contributed by atoms with van der Waals surface area (Å²) in [5.41, 5.74) is 3.45. The second-order valence-corrected chi connectivity index (χ2v) is 8.22. The molecule has 1 N–H and O–H groups in total. The summed E-state index contributed by atoms with van der Waals surface area (Å²) in [6.07, 6.45) is -0.197. The van der Waals surface area contributed by atoms with Crippen LogP contribution in [0.5, 0.6) is 11.5 Å². The molecule has 2 heterocycles. The Morgan fingerprint density at radius 1 is 0.818 bits per heavy atom. The maximum Gasteiger partial charge on any atom is 0.336 e. The first-order chi connectivity index (χ1) is 15.7. The van der Waals surface area contributed by atoms with Crippen molar-refractivity contribution < 1.29 is 23.4 Å². The molecule has 0 radical (unpaired) electrons. The monoisotopic (exact) mass is 450 g/mol. The lowest BCUT2D eigenvalue weighted by Gasteiger charge is -2.17. The number of aliphatic hydroxyl groups excluding tert-OH is 1. The van der Waals surface area contributed by atoms with E-state index < -0.39 is 17.4 Å². The van der Waals surface area contributed by atoms with Crippen LogP contribution in [0.4, 0.5) is 0 Å². The van der Waals surface area contributed by atoms with E-state index in [1.54, 1.807) is 12.1 Å². The largest absolute Gasteiger partial charge is 0.490 e. The molecule has 2 aromatic heterocycles. The van der Waals surface area contributed by atoms with Gasteiger partial charge >= 0.3 is 11.3 Å². The van der Waals surface area contributed by atoms with Gasteiger partial charge in [-0.3, -0.25) is 0 Å². The zero-order valence-corrected chi connectivity index (χ0v) is 19.1. The highest BCUT2D eigenvalue weighted by atomic mass is 16.5. The van der Waals surface area contributed by atoms with Gasteiger partial charge in [0.2, 0.25) is 0 Å². The van der Waals surface area contributed by atoms with Crippen molar-refractivity contribution in [1.29, 1.82) is 0 Å². The Morgan fingerprint density at radius 3 is 2.15 bits per heavy atom. The number of rotatable bonds is 7. The van der Waals surface area contributed by atoms with E-state index in [4.69, 9.17) is 18.3 Å². The van der Waals surface area contributed by atoms with Crippen LogP contribution >= 0.6 is 0 Å². The maximum absolute atomic E-state index is 11.7. The zero-order chi connectivity index (χ0) is 23.7. The van der Waals surface area contributed by atoms with Crippen LogP contribution in [0.1, 0.15) is 29.2 Å². The Morgan fingerprint density at radius 2 is 1.45 bits per heavy atom. The van der Waals surface area contributed by atoms with E-state index in [1.165, 1.54) is 12.1 Å². The number of benzene rings is 2. The number of hydrogen-bond donors (Lipinski definition) is 1. The fourth-order valence-corrected chi connectivity index (χ4v) is 3.91. The zero-order valence-electron chi connectivity index (χ0n) is 19.1. The molecule has 0 amide bonds. The summed E-state index contributed by atoms with van der Waals surface area (Å²) >= 11 is 0. The molecule has 172 valence electrons. The predicted octanol–water partition coefficient (Wildman–Crippen LogP) is 4.21. The van der Waals surface area contributed by atoms with Crippen molar-refractivity contribution in [2.24, 2.45) is 0 Å². The van der Waals surface area contributed by atoms with Crippen molar-refractivity contribution in [2.45, 2.75) is 40.2 Å². The van der Waals surface area contributed by atoms with Gasteiger partial charge in [0.15, 0.2) is 0 Å². The average Bonchev–Trinajstić information content (AvgIpc) is 2.74. The number of ether oxygens (including phenoxy) is 2. The average molecular weight is 450 g/mol. The molecule has 0 aliphatic carbocycles. The van der Waals surface area contributed by atoms with Crippen molar-refractivity contribution in [3.05, 3.63) is 79.5 Å². The molecular formula is C26H26O7. The van der Waals surface area contributed by atoms with Crippen molar-refractivity contribution in [1.82, 2.24) is 0 Å². The van der Waals surface area contributed by atoms with E-state index in [9.17, 15) is 14.7 Å².